The van der Waals surface area contributed by atoms with Crippen molar-refractivity contribution in [2.24, 2.45) is 11.1 Å². The Morgan fingerprint density at radius 2 is 2.17 bits per heavy atom. The van der Waals surface area contributed by atoms with Crippen LogP contribution in [0.2, 0.25) is 0 Å². The summed E-state index contributed by atoms with van der Waals surface area (Å²) in [6.07, 6.45) is 4.90. The second-order valence-electron chi connectivity index (χ2n) is 4.52. The van der Waals surface area contributed by atoms with Gasteiger partial charge >= 0.3 is 0 Å². The first-order valence-corrected chi connectivity index (χ1v) is 4.37. The molecule has 0 spiro atoms. The molecule has 0 aliphatic rings. The lowest BCUT2D eigenvalue weighted by Gasteiger charge is -2.22. The molecule has 0 saturated carbocycles. The van der Waals surface area contributed by atoms with Crippen molar-refractivity contribution in [3.05, 3.63) is 24.0 Å². The van der Waals surface area contributed by atoms with Crippen molar-refractivity contribution >= 4 is 0 Å². The van der Waals surface area contributed by atoms with Gasteiger partial charge in [0.15, 0.2) is 0 Å². The van der Waals surface area contributed by atoms with E-state index < -0.39 is 0 Å². The average molecular weight is 166 g/mol. The van der Waals surface area contributed by atoms with E-state index in [0.717, 1.165) is 6.42 Å². The second-order valence-corrected chi connectivity index (χ2v) is 4.52. The fourth-order valence-corrected chi connectivity index (χ4v) is 1.35. The Bertz CT molecular complexity index is 218. The van der Waals surface area contributed by atoms with Crippen molar-refractivity contribution in [3.8, 4) is 0 Å². The van der Waals surface area contributed by atoms with Crippen LogP contribution in [-0.2, 0) is 0 Å². The van der Waals surface area contributed by atoms with Crippen LogP contribution in [0.25, 0.3) is 0 Å². The molecule has 1 atom stereocenters. The predicted octanol–water partition coefficient (Wildman–Crippen LogP) is 2.45. The van der Waals surface area contributed by atoms with Crippen LogP contribution in [0.15, 0.2) is 18.5 Å². The summed E-state index contributed by atoms with van der Waals surface area (Å²) < 4.78 is 0. The van der Waals surface area contributed by atoms with Crippen molar-refractivity contribution in [3.63, 3.8) is 0 Å². The summed E-state index contributed by atoms with van der Waals surface area (Å²) in [6, 6.07) is 2.20. The zero-order valence-electron chi connectivity index (χ0n) is 8.09. The van der Waals surface area contributed by atoms with E-state index in [1.165, 1.54) is 5.56 Å². The first-order valence-electron chi connectivity index (χ1n) is 4.37. The highest BCUT2D eigenvalue weighted by atomic mass is 14.7. The van der Waals surface area contributed by atoms with Crippen LogP contribution in [0.5, 0.6) is 0 Å². The van der Waals surface area contributed by atoms with Crippen LogP contribution in [0, 0.1) is 5.41 Å². The van der Waals surface area contributed by atoms with Crippen LogP contribution in [0.4, 0.5) is 0 Å². The van der Waals surface area contributed by atoms with Gasteiger partial charge < -0.3 is 10.7 Å². The summed E-state index contributed by atoms with van der Waals surface area (Å²) in [5.41, 5.74) is 7.51. The van der Waals surface area contributed by atoms with Gasteiger partial charge in [-0.1, -0.05) is 20.8 Å². The zero-order chi connectivity index (χ0) is 9.19. The Kier molecular flexibility index (Phi) is 2.58. The number of rotatable bonds is 2. The van der Waals surface area contributed by atoms with Crippen LogP contribution in [0.3, 0.4) is 0 Å². The smallest absolute Gasteiger partial charge is 0.0314 e. The van der Waals surface area contributed by atoms with E-state index in [1.807, 2.05) is 18.5 Å². The fourth-order valence-electron chi connectivity index (χ4n) is 1.35. The molecular weight excluding hydrogens is 148 g/mol. The van der Waals surface area contributed by atoms with E-state index >= 15 is 0 Å². The minimum Gasteiger partial charge on any atom is -0.367 e. The summed E-state index contributed by atoms with van der Waals surface area (Å²) in [5, 5.41) is 0. The molecular formula is C10H18N2. The first-order chi connectivity index (χ1) is 5.49. The highest BCUT2D eigenvalue weighted by Gasteiger charge is 2.16. The third-order valence-electron chi connectivity index (χ3n) is 1.88. The number of aromatic amines is 1. The number of aromatic nitrogens is 1. The molecule has 1 heterocycles. The van der Waals surface area contributed by atoms with Crippen LogP contribution < -0.4 is 5.73 Å². The standard InChI is InChI=1S/C10H18N2/c1-10(2,3)6-9(11)8-4-5-12-7-8/h4-5,7,9,12H,6,11H2,1-3H3. The van der Waals surface area contributed by atoms with Crippen LogP contribution in [0.1, 0.15) is 38.8 Å². The van der Waals surface area contributed by atoms with Crippen molar-refractivity contribution in [1.29, 1.82) is 0 Å². The SMILES string of the molecule is CC(C)(C)CC(N)c1cc[nH]c1. The largest absolute Gasteiger partial charge is 0.367 e. The maximum absolute atomic E-state index is 6.01. The lowest BCUT2D eigenvalue weighted by molar-refractivity contribution is 0.343. The van der Waals surface area contributed by atoms with Crippen molar-refractivity contribution in [2.75, 3.05) is 0 Å². The molecule has 0 bridgehead atoms. The topological polar surface area (TPSA) is 41.8 Å². The van der Waals surface area contributed by atoms with E-state index in [4.69, 9.17) is 5.73 Å². The summed E-state index contributed by atoms with van der Waals surface area (Å²) in [6.45, 7) is 6.62. The minimum absolute atomic E-state index is 0.163. The number of nitrogens with one attached hydrogen (secondary N) is 1. The molecule has 12 heavy (non-hydrogen) atoms. The van der Waals surface area contributed by atoms with Gasteiger partial charge in [0.2, 0.25) is 0 Å². The summed E-state index contributed by atoms with van der Waals surface area (Å²) in [5.74, 6) is 0. The molecule has 3 N–H and O–H groups in total. The second kappa shape index (κ2) is 3.31. The minimum atomic E-state index is 0.163. The normalized spacial score (nSPS) is 14.7. The molecule has 0 amide bonds. The zero-order valence-corrected chi connectivity index (χ0v) is 8.09. The van der Waals surface area contributed by atoms with Gasteiger partial charge in [-0.25, -0.2) is 0 Å². The van der Waals surface area contributed by atoms with E-state index in [0.29, 0.717) is 5.41 Å². The summed E-state index contributed by atoms with van der Waals surface area (Å²) in [4.78, 5) is 3.02. The number of H-pyrrole nitrogens is 1. The summed E-state index contributed by atoms with van der Waals surface area (Å²) in [7, 11) is 0. The number of hydrogen-bond donors (Lipinski definition) is 2. The maximum Gasteiger partial charge on any atom is 0.0314 e. The van der Waals surface area contributed by atoms with Gasteiger partial charge in [-0.15, -0.1) is 0 Å². The summed E-state index contributed by atoms with van der Waals surface area (Å²) >= 11 is 0. The highest BCUT2D eigenvalue weighted by molar-refractivity contribution is 5.13. The number of hydrogen-bond acceptors (Lipinski definition) is 1. The molecule has 1 aromatic rings. The lowest BCUT2D eigenvalue weighted by Crippen LogP contribution is -2.18. The van der Waals surface area contributed by atoms with Crippen molar-refractivity contribution in [1.82, 2.24) is 4.98 Å². The maximum atomic E-state index is 6.01. The van der Waals surface area contributed by atoms with Gasteiger partial charge in [0, 0.05) is 18.4 Å². The van der Waals surface area contributed by atoms with Gasteiger partial charge in [-0.3, -0.25) is 0 Å². The molecule has 0 aliphatic heterocycles. The Balaban J connectivity index is 2.56. The van der Waals surface area contributed by atoms with Gasteiger partial charge in [0.1, 0.15) is 0 Å². The van der Waals surface area contributed by atoms with E-state index in [9.17, 15) is 0 Å². The third-order valence-corrected chi connectivity index (χ3v) is 1.88. The molecule has 0 radical (unpaired) electrons. The van der Waals surface area contributed by atoms with Crippen LogP contribution in [-0.4, -0.2) is 4.98 Å². The van der Waals surface area contributed by atoms with Crippen molar-refractivity contribution in [2.45, 2.75) is 33.2 Å². The average Bonchev–Trinajstić information content (AvgIpc) is 2.32. The quantitative estimate of drug-likeness (QED) is 0.696. The fraction of sp³-hybridized carbons (Fsp3) is 0.600. The van der Waals surface area contributed by atoms with Gasteiger partial charge in [0.25, 0.3) is 0 Å². The highest BCUT2D eigenvalue weighted by Crippen LogP contribution is 2.27. The molecule has 2 nitrogen and oxygen atoms in total. The Labute approximate surface area is 74.2 Å². The molecule has 68 valence electrons. The monoisotopic (exact) mass is 166 g/mol. The molecule has 1 rings (SSSR count). The van der Waals surface area contributed by atoms with Gasteiger partial charge in [-0.05, 0) is 23.5 Å². The molecule has 0 saturated heterocycles. The Hall–Kier alpha value is -0.760. The third kappa shape index (κ3) is 2.70. The van der Waals surface area contributed by atoms with Gasteiger partial charge in [-0.2, -0.15) is 0 Å². The predicted molar refractivity (Wildman–Crippen MR) is 51.8 cm³/mol. The molecule has 0 aromatic carbocycles. The van der Waals surface area contributed by atoms with Crippen LogP contribution >= 0.6 is 0 Å². The lowest BCUT2D eigenvalue weighted by atomic mass is 9.86. The molecule has 0 aliphatic carbocycles. The molecule has 1 unspecified atom stereocenters. The van der Waals surface area contributed by atoms with E-state index in [-0.39, 0.29) is 6.04 Å². The molecule has 2 heteroatoms. The Morgan fingerprint density at radius 1 is 1.50 bits per heavy atom. The molecule has 0 fully saturated rings. The van der Waals surface area contributed by atoms with Gasteiger partial charge in [0.05, 0.1) is 0 Å². The first kappa shape index (κ1) is 9.33. The van der Waals surface area contributed by atoms with Crippen molar-refractivity contribution < 1.29 is 0 Å². The van der Waals surface area contributed by atoms with E-state index in [2.05, 4.69) is 25.8 Å². The Morgan fingerprint density at radius 3 is 2.58 bits per heavy atom. The molecule has 1 aromatic heterocycles. The number of nitrogens with two attached hydrogens (primary N) is 1. The van der Waals surface area contributed by atoms with E-state index in [1.54, 1.807) is 0 Å².